The van der Waals surface area contributed by atoms with Gasteiger partial charge in [0.15, 0.2) is 0 Å². The van der Waals surface area contributed by atoms with Crippen molar-refractivity contribution in [3.8, 4) is 0 Å². The maximum Gasteiger partial charge on any atom is 0.303 e. The summed E-state index contributed by atoms with van der Waals surface area (Å²) < 4.78 is 0. The predicted molar refractivity (Wildman–Crippen MR) is 53.9 cm³/mol. The standard InChI is InChI=1S/C10H21NO2/c1-3-4-6-9(2)11-8-5-7-10(12)13/h9,11H,3-8H2,1-2H3,(H,12,13). The van der Waals surface area contributed by atoms with Crippen LogP contribution in [0.4, 0.5) is 0 Å². The molecular formula is C10H21NO2. The molecule has 0 bridgehead atoms. The van der Waals surface area contributed by atoms with Gasteiger partial charge in [-0.3, -0.25) is 4.79 Å². The molecule has 0 amide bonds. The van der Waals surface area contributed by atoms with Gasteiger partial charge in [-0.1, -0.05) is 19.8 Å². The zero-order valence-corrected chi connectivity index (χ0v) is 8.68. The van der Waals surface area contributed by atoms with Crippen LogP contribution in [0.2, 0.25) is 0 Å². The minimum atomic E-state index is -0.706. The number of unbranched alkanes of at least 4 members (excludes halogenated alkanes) is 1. The van der Waals surface area contributed by atoms with Crippen LogP contribution in [0.15, 0.2) is 0 Å². The second-order valence-electron chi connectivity index (χ2n) is 3.49. The van der Waals surface area contributed by atoms with Crippen LogP contribution >= 0.6 is 0 Å². The minimum absolute atomic E-state index is 0.271. The lowest BCUT2D eigenvalue weighted by molar-refractivity contribution is -0.137. The van der Waals surface area contributed by atoms with Crippen LogP contribution in [-0.2, 0) is 4.79 Å². The molecule has 0 spiro atoms. The highest BCUT2D eigenvalue weighted by Crippen LogP contribution is 1.99. The van der Waals surface area contributed by atoms with Crippen LogP contribution < -0.4 is 5.32 Å². The fraction of sp³-hybridized carbons (Fsp3) is 0.900. The van der Waals surface area contributed by atoms with E-state index in [-0.39, 0.29) is 6.42 Å². The van der Waals surface area contributed by atoms with Gasteiger partial charge in [-0.25, -0.2) is 0 Å². The van der Waals surface area contributed by atoms with Gasteiger partial charge in [0, 0.05) is 12.5 Å². The van der Waals surface area contributed by atoms with Crippen molar-refractivity contribution in [3.05, 3.63) is 0 Å². The van der Waals surface area contributed by atoms with Gasteiger partial charge < -0.3 is 10.4 Å². The van der Waals surface area contributed by atoms with Crippen molar-refractivity contribution in [1.82, 2.24) is 5.32 Å². The van der Waals surface area contributed by atoms with Crippen LogP contribution in [0.1, 0.15) is 46.0 Å². The smallest absolute Gasteiger partial charge is 0.303 e. The molecule has 0 heterocycles. The molecule has 0 saturated heterocycles. The molecule has 0 saturated carbocycles. The van der Waals surface area contributed by atoms with Gasteiger partial charge in [0.1, 0.15) is 0 Å². The molecule has 0 aromatic carbocycles. The van der Waals surface area contributed by atoms with Gasteiger partial charge >= 0.3 is 5.97 Å². The van der Waals surface area contributed by atoms with Crippen molar-refractivity contribution in [2.24, 2.45) is 0 Å². The summed E-state index contributed by atoms with van der Waals surface area (Å²) in [6, 6.07) is 0.522. The second-order valence-corrected chi connectivity index (χ2v) is 3.49. The average Bonchev–Trinajstić information content (AvgIpc) is 2.08. The van der Waals surface area contributed by atoms with Gasteiger partial charge in [0.05, 0.1) is 0 Å². The van der Waals surface area contributed by atoms with Crippen LogP contribution in [-0.4, -0.2) is 23.7 Å². The lowest BCUT2D eigenvalue weighted by Gasteiger charge is -2.12. The molecule has 78 valence electrons. The summed E-state index contributed by atoms with van der Waals surface area (Å²) in [4.78, 5) is 10.2. The van der Waals surface area contributed by atoms with Crippen LogP contribution in [0.25, 0.3) is 0 Å². The molecule has 0 aliphatic heterocycles. The summed E-state index contributed by atoms with van der Waals surface area (Å²) in [5.74, 6) is -0.706. The number of hydrogen-bond acceptors (Lipinski definition) is 2. The summed E-state index contributed by atoms with van der Waals surface area (Å²) in [7, 11) is 0. The molecule has 1 unspecified atom stereocenters. The molecule has 0 aromatic rings. The highest BCUT2D eigenvalue weighted by molar-refractivity contribution is 5.66. The fourth-order valence-corrected chi connectivity index (χ4v) is 1.20. The lowest BCUT2D eigenvalue weighted by atomic mass is 10.1. The largest absolute Gasteiger partial charge is 0.481 e. The number of hydrogen-bond donors (Lipinski definition) is 2. The Hall–Kier alpha value is -0.570. The van der Waals surface area contributed by atoms with E-state index >= 15 is 0 Å². The fourth-order valence-electron chi connectivity index (χ4n) is 1.20. The van der Waals surface area contributed by atoms with E-state index < -0.39 is 5.97 Å². The van der Waals surface area contributed by atoms with Gasteiger partial charge in [-0.2, -0.15) is 0 Å². The average molecular weight is 187 g/mol. The van der Waals surface area contributed by atoms with Crippen molar-refractivity contribution in [3.63, 3.8) is 0 Å². The summed E-state index contributed by atoms with van der Waals surface area (Å²) in [5, 5.41) is 11.7. The molecule has 13 heavy (non-hydrogen) atoms. The first-order valence-corrected chi connectivity index (χ1v) is 5.12. The van der Waals surface area contributed by atoms with E-state index in [2.05, 4.69) is 19.2 Å². The van der Waals surface area contributed by atoms with Crippen molar-refractivity contribution < 1.29 is 9.90 Å². The first kappa shape index (κ1) is 12.4. The maximum atomic E-state index is 10.2. The third-order valence-corrected chi connectivity index (χ3v) is 2.05. The van der Waals surface area contributed by atoms with Gasteiger partial charge in [0.25, 0.3) is 0 Å². The summed E-state index contributed by atoms with van der Waals surface area (Å²) in [6.45, 7) is 5.14. The Morgan fingerprint density at radius 2 is 2.15 bits per heavy atom. The van der Waals surface area contributed by atoms with E-state index in [1.807, 2.05) is 0 Å². The Morgan fingerprint density at radius 3 is 2.69 bits per heavy atom. The number of carbonyl (C=O) groups is 1. The van der Waals surface area contributed by atoms with Crippen LogP contribution in [0.3, 0.4) is 0 Å². The summed E-state index contributed by atoms with van der Waals surface area (Å²) >= 11 is 0. The quantitative estimate of drug-likeness (QED) is 0.571. The van der Waals surface area contributed by atoms with E-state index in [4.69, 9.17) is 5.11 Å². The monoisotopic (exact) mass is 187 g/mol. The third-order valence-electron chi connectivity index (χ3n) is 2.05. The first-order valence-electron chi connectivity index (χ1n) is 5.12. The molecule has 0 rings (SSSR count). The first-order chi connectivity index (χ1) is 6.16. The second kappa shape index (κ2) is 8.05. The molecule has 3 heteroatoms. The molecule has 0 fully saturated rings. The third kappa shape index (κ3) is 9.34. The van der Waals surface area contributed by atoms with E-state index in [0.29, 0.717) is 6.04 Å². The van der Waals surface area contributed by atoms with E-state index in [1.165, 1.54) is 19.3 Å². The van der Waals surface area contributed by atoms with Crippen molar-refractivity contribution >= 4 is 5.97 Å². The Morgan fingerprint density at radius 1 is 1.46 bits per heavy atom. The maximum absolute atomic E-state index is 10.2. The number of carboxylic acid groups (broad SMARTS) is 1. The zero-order chi connectivity index (χ0) is 10.1. The molecular weight excluding hydrogens is 166 g/mol. The Balaban J connectivity index is 3.16. The molecule has 0 aliphatic carbocycles. The Kier molecular flexibility index (Phi) is 7.69. The molecule has 0 aromatic heterocycles. The normalized spacial score (nSPS) is 12.8. The predicted octanol–water partition coefficient (Wildman–Crippen LogP) is 2.02. The number of aliphatic carboxylic acids is 1. The molecule has 2 N–H and O–H groups in total. The van der Waals surface area contributed by atoms with E-state index in [9.17, 15) is 4.79 Å². The minimum Gasteiger partial charge on any atom is -0.481 e. The summed E-state index contributed by atoms with van der Waals surface area (Å²) in [6.07, 6.45) is 4.65. The molecule has 0 radical (unpaired) electrons. The van der Waals surface area contributed by atoms with Gasteiger partial charge in [-0.05, 0) is 26.3 Å². The van der Waals surface area contributed by atoms with E-state index in [1.54, 1.807) is 0 Å². The number of carboxylic acids is 1. The van der Waals surface area contributed by atoms with Crippen LogP contribution in [0, 0.1) is 0 Å². The Bertz CT molecular complexity index is 137. The molecule has 0 aliphatic rings. The Labute approximate surface area is 80.5 Å². The van der Waals surface area contributed by atoms with Crippen LogP contribution in [0.5, 0.6) is 0 Å². The SMILES string of the molecule is CCCCC(C)NCCCC(=O)O. The summed E-state index contributed by atoms with van der Waals surface area (Å²) in [5.41, 5.74) is 0. The number of nitrogens with one attached hydrogen (secondary N) is 1. The topological polar surface area (TPSA) is 49.3 Å². The molecule has 1 atom stereocenters. The number of rotatable bonds is 8. The lowest BCUT2D eigenvalue weighted by Crippen LogP contribution is -2.27. The zero-order valence-electron chi connectivity index (χ0n) is 8.68. The van der Waals surface area contributed by atoms with Crippen molar-refractivity contribution in [2.45, 2.75) is 52.0 Å². The van der Waals surface area contributed by atoms with Gasteiger partial charge in [0.2, 0.25) is 0 Å². The highest BCUT2D eigenvalue weighted by atomic mass is 16.4. The van der Waals surface area contributed by atoms with E-state index in [0.717, 1.165) is 13.0 Å². The highest BCUT2D eigenvalue weighted by Gasteiger charge is 2.00. The van der Waals surface area contributed by atoms with Gasteiger partial charge in [-0.15, -0.1) is 0 Å². The van der Waals surface area contributed by atoms with Crippen molar-refractivity contribution in [1.29, 1.82) is 0 Å². The molecule has 3 nitrogen and oxygen atoms in total. The van der Waals surface area contributed by atoms with Crippen molar-refractivity contribution in [2.75, 3.05) is 6.54 Å².